The van der Waals surface area contributed by atoms with E-state index in [0.29, 0.717) is 17.3 Å². The van der Waals surface area contributed by atoms with Crippen LogP contribution in [-0.4, -0.2) is 70.0 Å². The number of hydrogen-bond acceptors (Lipinski definition) is 6. The molecule has 0 aliphatic carbocycles. The molecule has 0 spiro atoms. The van der Waals surface area contributed by atoms with Gasteiger partial charge in [0.25, 0.3) is 5.91 Å². The van der Waals surface area contributed by atoms with Crippen LogP contribution in [-0.2, 0) is 6.42 Å². The highest BCUT2D eigenvalue weighted by Crippen LogP contribution is 2.24. The predicted octanol–water partition coefficient (Wildman–Crippen LogP) is 3.44. The molecule has 1 amide bonds. The number of likely N-dealkylation sites (N-methyl/N-ethyl adjacent to an activating group) is 1. The van der Waals surface area contributed by atoms with Gasteiger partial charge >= 0.3 is 0 Å². The molecule has 1 saturated heterocycles. The van der Waals surface area contributed by atoms with Crippen molar-refractivity contribution in [1.29, 1.82) is 0 Å². The maximum Gasteiger partial charge on any atom is 0.250 e. The lowest BCUT2D eigenvalue weighted by Gasteiger charge is -2.32. The van der Waals surface area contributed by atoms with Gasteiger partial charge in [0.2, 0.25) is 5.95 Å². The fourth-order valence-electron chi connectivity index (χ4n) is 4.57. The molecule has 35 heavy (non-hydrogen) atoms. The van der Waals surface area contributed by atoms with E-state index in [4.69, 9.17) is 5.73 Å². The Hall–Kier alpha value is -3.75. The molecule has 2 aromatic carbocycles. The molecule has 180 valence electrons. The number of para-hydroxylation sites is 1. The number of amides is 1. The van der Waals surface area contributed by atoms with Gasteiger partial charge < -0.3 is 25.4 Å². The molecule has 0 radical (unpaired) electrons. The van der Waals surface area contributed by atoms with E-state index in [1.165, 1.54) is 25.1 Å². The van der Waals surface area contributed by atoms with Crippen molar-refractivity contribution in [3.8, 4) is 5.82 Å². The first-order valence-electron chi connectivity index (χ1n) is 12.1. The van der Waals surface area contributed by atoms with Crippen LogP contribution >= 0.6 is 0 Å². The molecule has 8 nitrogen and oxygen atoms in total. The average molecular weight is 470 g/mol. The lowest BCUT2D eigenvalue weighted by molar-refractivity contribution is 0.100. The third-order valence-electron chi connectivity index (χ3n) is 6.61. The van der Waals surface area contributed by atoms with Crippen LogP contribution in [0.4, 0.5) is 11.6 Å². The van der Waals surface area contributed by atoms with Crippen LogP contribution in [0.2, 0.25) is 0 Å². The zero-order valence-corrected chi connectivity index (χ0v) is 20.0. The minimum absolute atomic E-state index is 0.462. The number of primary amides is 1. The number of carbonyl (C=O) groups is 1. The summed E-state index contributed by atoms with van der Waals surface area (Å²) in [5.74, 6) is 0.687. The number of hydrogen-bond donors (Lipinski definition) is 2. The summed E-state index contributed by atoms with van der Waals surface area (Å²) in [6.07, 6.45) is 5.67. The zero-order chi connectivity index (χ0) is 24.2. The minimum atomic E-state index is -0.462. The SMILES string of the molecule is CN1CCN(CCCc2ccc(Nc3nccc(-n4cc(C(N)=O)c5ccccc54)n3)cc2)CC1. The number of nitrogens with two attached hydrogens (primary N) is 1. The van der Waals surface area contributed by atoms with Crippen molar-refractivity contribution in [2.24, 2.45) is 5.73 Å². The third-order valence-corrected chi connectivity index (χ3v) is 6.61. The molecule has 0 unspecified atom stereocenters. The molecule has 3 heterocycles. The highest BCUT2D eigenvalue weighted by Gasteiger charge is 2.15. The van der Waals surface area contributed by atoms with Gasteiger partial charge in [-0.15, -0.1) is 0 Å². The van der Waals surface area contributed by atoms with Crippen LogP contribution in [0, 0.1) is 0 Å². The van der Waals surface area contributed by atoms with E-state index in [1.807, 2.05) is 34.9 Å². The van der Waals surface area contributed by atoms with E-state index < -0.39 is 5.91 Å². The molecule has 4 aromatic rings. The van der Waals surface area contributed by atoms with Crippen LogP contribution in [0.15, 0.2) is 67.0 Å². The molecule has 1 aliphatic rings. The van der Waals surface area contributed by atoms with Crippen molar-refractivity contribution in [3.63, 3.8) is 0 Å². The molecule has 1 aliphatic heterocycles. The molecule has 1 fully saturated rings. The Morgan fingerprint density at radius 2 is 1.80 bits per heavy atom. The Morgan fingerprint density at radius 3 is 2.57 bits per heavy atom. The number of aromatic nitrogens is 3. The summed E-state index contributed by atoms with van der Waals surface area (Å²) in [7, 11) is 2.19. The van der Waals surface area contributed by atoms with E-state index in [0.717, 1.165) is 42.6 Å². The number of nitrogens with zero attached hydrogens (tertiary/aromatic N) is 5. The number of benzene rings is 2. The van der Waals surface area contributed by atoms with Gasteiger partial charge in [-0.3, -0.25) is 4.79 Å². The molecular formula is C27H31N7O. The molecule has 0 saturated carbocycles. The van der Waals surface area contributed by atoms with E-state index in [-0.39, 0.29) is 0 Å². The van der Waals surface area contributed by atoms with Gasteiger partial charge in [-0.2, -0.15) is 4.98 Å². The Balaban J connectivity index is 1.24. The number of rotatable bonds is 8. The molecule has 0 atom stereocenters. The summed E-state index contributed by atoms with van der Waals surface area (Å²) < 4.78 is 1.87. The lowest BCUT2D eigenvalue weighted by atomic mass is 10.1. The largest absolute Gasteiger partial charge is 0.366 e. The third kappa shape index (κ3) is 5.34. The smallest absolute Gasteiger partial charge is 0.250 e. The molecule has 8 heteroatoms. The number of aryl methyl sites for hydroxylation is 1. The van der Waals surface area contributed by atoms with Crippen LogP contribution in [0.3, 0.4) is 0 Å². The van der Waals surface area contributed by atoms with Crippen LogP contribution in [0.1, 0.15) is 22.3 Å². The van der Waals surface area contributed by atoms with Gasteiger partial charge in [-0.1, -0.05) is 30.3 Å². The van der Waals surface area contributed by atoms with E-state index in [9.17, 15) is 4.79 Å². The summed E-state index contributed by atoms with van der Waals surface area (Å²) >= 11 is 0. The van der Waals surface area contributed by atoms with Crippen LogP contribution in [0.5, 0.6) is 0 Å². The molecule has 3 N–H and O–H groups in total. The van der Waals surface area contributed by atoms with E-state index in [2.05, 4.69) is 56.4 Å². The molecule has 0 bridgehead atoms. The molecule has 2 aromatic heterocycles. The summed E-state index contributed by atoms with van der Waals surface area (Å²) in [6.45, 7) is 5.81. The highest BCUT2D eigenvalue weighted by molar-refractivity contribution is 6.06. The van der Waals surface area contributed by atoms with Gasteiger partial charge in [0.05, 0.1) is 11.1 Å². The first-order chi connectivity index (χ1) is 17.1. The van der Waals surface area contributed by atoms with Gasteiger partial charge in [-0.05, 0) is 56.3 Å². The molecule has 5 rings (SSSR count). The second-order valence-electron chi connectivity index (χ2n) is 9.10. The summed E-state index contributed by atoms with van der Waals surface area (Å²) in [5, 5.41) is 4.09. The predicted molar refractivity (Wildman–Crippen MR) is 139 cm³/mol. The zero-order valence-electron chi connectivity index (χ0n) is 20.0. The van der Waals surface area contributed by atoms with Crippen molar-refractivity contribution in [3.05, 3.63) is 78.1 Å². The van der Waals surface area contributed by atoms with Crippen LogP contribution in [0.25, 0.3) is 16.7 Å². The van der Waals surface area contributed by atoms with Gasteiger partial charge in [0, 0.05) is 49.6 Å². The normalized spacial score (nSPS) is 14.9. The monoisotopic (exact) mass is 469 g/mol. The van der Waals surface area contributed by atoms with Crippen molar-refractivity contribution in [1.82, 2.24) is 24.3 Å². The van der Waals surface area contributed by atoms with E-state index in [1.54, 1.807) is 12.4 Å². The summed E-state index contributed by atoms with van der Waals surface area (Å²) in [6, 6.07) is 17.9. The van der Waals surface area contributed by atoms with Gasteiger partial charge in [0.1, 0.15) is 5.82 Å². The maximum atomic E-state index is 11.9. The van der Waals surface area contributed by atoms with Gasteiger partial charge in [0.15, 0.2) is 0 Å². The van der Waals surface area contributed by atoms with Crippen LogP contribution < -0.4 is 11.1 Å². The fourth-order valence-corrected chi connectivity index (χ4v) is 4.57. The lowest BCUT2D eigenvalue weighted by Crippen LogP contribution is -2.44. The average Bonchev–Trinajstić information content (AvgIpc) is 3.27. The first-order valence-corrected chi connectivity index (χ1v) is 12.1. The minimum Gasteiger partial charge on any atom is -0.366 e. The quantitative estimate of drug-likeness (QED) is 0.411. The Morgan fingerprint density at radius 1 is 1.03 bits per heavy atom. The first kappa shape index (κ1) is 23.0. The number of fused-ring (bicyclic) bond motifs is 1. The number of anilines is 2. The standard InChI is InChI=1S/C27H31N7O/c1-32-15-17-33(18-16-32)14-4-5-20-8-10-21(11-9-20)30-27-29-13-12-25(31-27)34-19-23(26(28)35)22-6-2-3-7-24(22)34/h2-3,6-13,19H,4-5,14-18H2,1H3,(H2,28,35)(H,29,30,31). The van der Waals surface area contributed by atoms with Gasteiger partial charge in [-0.25, -0.2) is 4.98 Å². The number of nitrogens with one attached hydrogen (secondary N) is 1. The fraction of sp³-hybridized carbons (Fsp3) is 0.296. The number of piperazine rings is 1. The van der Waals surface area contributed by atoms with Crippen molar-refractivity contribution < 1.29 is 4.79 Å². The molecular weight excluding hydrogens is 438 g/mol. The van der Waals surface area contributed by atoms with Crippen molar-refractivity contribution in [2.45, 2.75) is 12.8 Å². The second-order valence-corrected chi connectivity index (χ2v) is 9.10. The maximum absolute atomic E-state index is 11.9. The Kier molecular flexibility index (Phi) is 6.74. The van der Waals surface area contributed by atoms with Crippen molar-refractivity contribution >= 4 is 28.4 Å². The summed E-state index contributed by atoms with van der Waals surface area (Å²) in [4.78, 5) is 25.9. The summed E-state index contributed by atoms with van der Waals surface area (Å²) in [5.41, 5.74) is 9.19. The van der Waals surface area contributed by atoms with E-state index >= 15 is 0 Å². The highest BCUT2D eigenvalue weighted by atomic mass is 16.1. The van der Waals surface area contributed by atoms with Crippen molar-refractivity contribution in [2.75, 3.05) is 45.1 Å². The topological polar surface area (TPSA) is 92.3 Å². The Labute approximate surface area is 205 Å². The Bertz CT molecular complexity index is 1310. The second kappa shape index (κ2) is 10.2. The number of carbonyl (C=O) groups excluding carboxylic acids is 1.